The Hall–Kier alpha value is -2.50. The zero-order valence-corrected chi connectivity index (χ0v) is 14.0. The van der Waals surface area contributed by atoms with Crippen LogP contribution < -0.4 is 5.32 Å². The number of nitrogens with zero attached hydrogens (tertiary/aromatic N) is 3. The van der Waals surface area contributed by atoms with Gasteiger partial charge in [-0.25, -0.2) is 9.97 Å². The van der Waals surface area contributed by atoms with E-state index in [1.165, 1.54) is 0 Å². The van der Waals surface area contributed by atoms with E-state index in [4.69, 9.17) is 5.11 Å². The van der Waals surface area contributed by atoms with Gasteiger partial charge in [0.15, 0.2) is 5.82 Å². The van der Waals surface area contributed by atoms with E-state index in [-0.39, 0.29) is 12.0 Å². The van der Waals surface area contributed by atoms with Crippen LogP contribution in [-0.2, 0) is 4.79 Å². The largest absolute Gasteiger partial charge is 0.481 e. The van der Waals surface area contributed by atoms with Gasteiger partial charge in [-0.2, -0.15) is 0 Å². The smallest absolute Gasteiger partial charge is 0.306 e. The zero-order chi connectivity index (χ0) is 17.1. The summed E-state index contributed by atoms with van der Waals surface area (Å²) in [5, 5.41) is 12.6. The summed E-state index contributed by atoms with van der Waals surface area (Å²) in [4.78, 5) is 24.4. The standard InChI is InChI=1S/C18H22N4O2/c1-11-12(2)20-17(14-4-3-9-19-10-14)22-16(11)21-15-7-5-13(6-8-15)18(23)24/h3-4,9-10,13,15H,5-8H2,1-2H3,(H,23,24)(H,20,21,22). The fourth-order valence-electron chi connectivity index (χ4n) is 3.07. The Labute approximate surface area is 141 Å². The summed E-state index contributed by atoms with van der Waals surface area (Å²) < 4.78 is 0. The lowest BCUT2D eigenvalue weighted by Crippen LogP contribution is -2.30. The number of carbonyl (C=O) groups is 1. The maximum Gasteiger partial charge on any atom is 0.306 e. The maximum absolute atomic E-state index is 11.1. The van der Waals surface area contributed by atoms with Crippen molar-refractivity contribution in [3.8, 4) is 11.4 Å². The molecule has 2 aromatic rings. The molecule has 0 spiro atoms. The van der Waals surface area contributed by atoms with Gasteiger partial charge in [-0.1, -0.05) is 0 Å². The van der Waals surface area contributed by atoms with Gasteiger partial charge in [0.1, 0.15) is 5.82 Å². The molecule has 6 nitrogen and oxygen atoms in total. The van der Waals surface area contributed by atoms with Crippen molar-refractivity contribution < 1.29 is 9.90 Å². The highest BCUT2D eigenvalue weighted by atomic mass is 16.4. The number of rotatable bonds is 4. The van der Waals surface area contributed by atoms with Crippen molar-refractivity contribution >= 4 is 11.8 Å². The van der Waals surface area contributed by atoms with Crippen molar-refractivity contribution in [1.29, 1.82) is 0 Å². The first-order valence-electron chi connectivity index (χ1n) is 8.29. The molecule has 0 aromatic carbocycles. The minimum absolute atomic E-state index is 0.206. The Bertz CT molecular complexity index is 725. The zero-order valence-electron chi connectivity index (χ0n) is 14.0. The molecule has 1 fully saturated rings. The maximum atomic E-state index is 11.1. The molecule has 6 heteroatoms. The molecule has 24 heavy (non-hydrogen) atoms. The second-order valence-electron chi connectivity index (χ2n) is 6.38. The van der Waals surface area contributed by atoms with Crippen LogP contribution >= 0.6 is 0 Å². The van der Waals surface area contributed by atoms with Gasteiger partial charge < -0.3 is 10.4 Å². The number of nitrogens with one attached hydrogen (secondary N) is 1. The summed E-state index contributed by atoms with van der Waals surface area (Å²) in [5.41, 5.74) is 2.85. The Balaban J connectivity index is 1.78. The van der Waals surface area contributed by atoms with Crippen LogP contribution in [0.25, 0.3) is 11.4 Å². The van der Waals surface area contributed by atoms with Gasteiger partial charge in [0.2, 0.25) is 0 Å². The third-order valence-electron chi connectivity index (χ3n) is 4.73. The highest BCUT2D eigenvalue weighted by molar-refractivity contribution is 5.70. The topological polar surface area (TPSA) is 88.0 Å². The van der Waals surface area contributed by atoms with Gasteiger partial charge in [0.25, 0.3) is 0 Å². The Morgan fingerprint density at radius 3 is 2.58 bits per heavy atom. The molecule has 2 heterocycles. The predicted molar refractivity (Wildman–Crippen MR) is 91.7 cm³/mol. The molecule has 0 aliphatic heterocycles. The minimum atomic E-state index is -0.679. The lowest BCUT2D eigenvalue weighted by Gasteiger charge is -2.28. The number of carboxylic acid groups (broad SMARTS) is 1. The van der Waals surface area contributed by atoms with E-state index in [0.717, 1.165) is 35.5 Å². The SMILES string of the molecule is Cc1nc(-c2cccnc2)nc(NC2CCC(C(=O)O)CC2)c1C. The lowest BCUT2D eigenvalue weighted by molar-refractivity contribution is -0.142. The van der Waals surface area contributed by atoms with E-state index >= 15 is 0 Å². The summed E-state index contributed by atoms with van der Waals surface area (Å²) in [6, 6.07) is 4.07. The van der Waals surface area contributed by atoms with Crippen LogP contribution in [0, 0.1) is 19.8 Å². The van der Waals surface area contributed by atoms with Crippen LogP contribution in [0.1, 0.15) is 36.9 Å². The van der Waals surface area contributed by atoms with Crippen LogP contribution in [0.5, 0.6) is 0 Å². The molecule has 3 rings (SSSR count). The molecule has 0 unspecified atom stereocenters. The molecule has 1 aliphatic rings. The van der Waals surface area contributed by atoms with Crippen molar-refractivity contribution in [3.63, 3.8) is 0 Å². The minimum Gasteiger partial charge on any atom is -0.481 e. The number of aliphatic carboxylic acids is 1. The van der Waals surface area contributed by atoms with Crippen molar-refractivity contribution in [2.75, 3.05) is 5.32 Å². The Morgan fingerprint density at radius 2 is 1.96 bits per heavy atom. The van der Waals surface area contributed by atoms with Crippen LogP contribution in [0.2, 0.25) is 0 Å². The number of hydrogen-bond donors (Lipinski definition) is 2. The first-order chi connectivity index (χ1) is 11.5. The number of anilines is 1. The van der Waals surface area contributed by atoms with E-state index in [9.17, 15) is 4.79 Å². The summed E-state index contributed by atoms with van der Waals surface area (Å²) in [7, 11) is 0. The summed E-state index contributed by atoms with van der Waals surface area (Å²) in [5.74, 6) is 0.608. The second-order valence-corrected chi connectivity index (χ2v) is 6.38. The number of hydrogen-bond acceptors (Lipinski definition) is 5. The molecule has 2 N–H and O–H groups in total. The van der Waals surface area contributed by atoms with E-state index in [1.807, 2.05) is 26.0 Å². The van der Waals surface area contributed by atoms with Gasteiger partial charge in [-0.05, 0) is 51.7 Å². The average molecular weight is 326 g/mol. The van der Waals surface area contributed by atoms with Crippen molar-refractivity contribution in [1.82, 2.24) is 15.0 Å². The fourth-order valence-corrected chi connectivity index (χ4v) is 3.07. The van der Waals surface area contributed by atoms with Crippen LogP contribution in [0.3, 0.4) is 0 Å². The number of aryl methyl sites for hydroxylation is 1. The van der Waals surface area contributed by atoms with Crippen LogP contribution in [-0.4, -0.2) is 32.1 Å². The first-order valence-corrected chi connectivity index (χ1v) is 8.29. The van der Waals surface area contributed by atoms with Gasteiger partial charge in [0, 0.05) is 35.3 Å². The molecular weight excluding hydrogens is 304 g/mol. The Kier molecular flexibility index (Phi) is 4.74. The van der Waals surface area contributed by atoms with E-state index < -0.39 is 5.97 Å². The molecule has 1 aliphatic carbocycles. The molecular formula is C18H22N4O2. The summed E-state index contributed by atoms with van der Waals surface area (Å²) in [6.07, 6.45) is 6.61. The number of aromatic nitrogens is 3. The van der Waals surface area contributed by atoms with E-state index in [2.05, 4.69) is 20.3 Å². The Morgan fingerprint density at radius 1 is 1.21 bits per heavy atom. The molecule has 0 atom stereocenters. The average Bonchev–Trinajstić information content (AvgIpc) is 2.60. The fraction of sp³-hybridized carbons (Fsp3) is 0.444. The first kappa shape index (κ1) is 16.4. The van der Waals surface area contributed by atoms with Crippen LogP contribution in [0.4, 0.5) is 5.82 Å². The monoisotopic (exact) mass is 326 g/mol. The third-order valence-corrected chi connectivity index (χ3v) is 4.73. The molecule has 0 saturated heterocycles. The molecule has 0 bridgehead atoms. The second kappa shape index (κ2) is 6.95. The molecule has 1 saturated carbocycles. The highest BCUT2D eigenvalue weighted by Gasteiger charge is 2.26. The highest BCUT2D eigenvalue weighted by Crippen LogP contribution is 2.28. The predicted octanol–water partition coefficient (Wildman–Crippen LogP) is 3.21. The quantitative estimate of drug-likeness (QED) is 0.897. The van der Waals surface area contributed by atoms with Gasteiger partial charge in [0.05, 0.1) is 5.92 Å². The third kappa shape index (κ3) is 3.53. The molecule has 126 valence electrons. The lowest BCUT2D eigenvalue weighted by atomic mass is 9.86. The molecule has 0 radical (unpaired) electrons. The van der Waals surface area contributed by atoms with Crippen molar-refractivity contribution in [2.24, 2.45) is 5.92 Å². The number of carboxylic acids is 1. The molecule has 2 aromatic heterocycles. The summed E-state index contributed by atoms with van der Waals surface area (Å²) >= 11 is 0. The van der Waals surface area contributed by atoms with Gasteiger partial charge in [-0.3, -0.25) is 9.78 Å². The van der Waals surface area contributed by atoms with Crippen molar-refractivity contribution in [2.45, 2.75) is 45.6 Å². The van der Waals surface area contributed by atoms with E-state index in [1.54, 1.807) is 12.4 Å². The van der Waals surface area contributed by atoms with Gasteiger partial charge in [-0.15, -0.1) is 0 Å². The van der Waals surface area contributed by atoms with Crippen LogP contribution in [0.15, 0.2) is 24.5 Å². The van der Waals surface area contributed by atoms with Crippen molar-refractivity contribution in [3.05, 3.63) is 35.8 Å². The molecule has 0 amide bonds. The summed E-state index contributed by atoms with van der Waals surface area (Å²) in [6.45, 7) is 3.98. The van der Waals surface area contributed by atoms with Gasteiger partial charge >= 0.3 is 5.97 Å². The normalized spacial score (nSPS) is 20.6. The van der Waals surface area contributed by atoms with E-state index in [0.29, 0.717) is 18.7 Å². The number of pyridine rings is 1.